The lowest BCUT2D eigenvalue weighted by Gasteiger charge is -2.14. The number of carbonyl (C=O) groups is 1. The highest BCUT2D eigenvalue weighted by Crippen LogP contribution is 2.38. The monoisotopic (exact) mass is 557 g/mol. The lowest BCUT2D eigenvalue weighted by atomic mass is 10.1. The molecule has 1 aromatic heterocycles. The molecular formula is C23H16BrN3O5S2. The minimum Gasteiger partial charge on any atom is -0.490 e. The van der Waals surface area contributed by atoms with Crippen molar-refractivity contribution in [2.45, 2.75) is 6.92 Å². The zero-order valence-electron chi connectivity index (χ0n) is 17.6. The van der Waals surface area contributed by atoms with Crippen molar-refractivity contribution in [3.05, 3.63) is 85.8 Å². The summed E-state index contributed by atoms with van der Waals surface area (Å²) in [6.07, 6.45) is 2.87. The van der Waals surface area contributed by atoms with E-state index in [1.807, 2.05) is 31.2 Å². The second-order valence-corrected chi connectivity index (χ2v) is 9.44. The number of thioether (sulfide) groups is 1. The number of amides is 1. The van der Waals surface area contributed by atoms with Crippen LogP contribution in [0.25, 0.3) is 6.08 Å². The number of hydrogen-bond acceptors (Lipinski definition) is 8. The molecule has 1 amide bonds. The third-order valence-electron chi connectivity index (χ3n) is 4.59. The van der Waals surface area contributed by atoms with E-state index in [-0.39, 0.29) is 17.5 Å². The van der Waals surface area contributed by atoms with Gasteiger partial charge in [0.1, 0.15) is 6.20 Å². The van der Waals surface area contributed by atoms with Gasteiger partial charge in [-0.1, -0.05) is 46.0 Å². The first kappa shape index (κ1) is 23.9. The largest absolute Gasteiger partial charge is 0.490 e. The highest BCUT2D eigenvalue weighted by molar-refractivity contribution is 9.10. The molecule has 11 heteroatoms. The summed E-state index contributed by atoms with van der Waals surface area (Å²) in [6, 6.07) is 15.3. The van der Waals surface area contributed by atoms with Crippen molar-refractivity contribution >= 4 is 67.6 Å². The van der Waals surface area contributed by atoms with Crippen LogP contribution in [0.4, 0.5) is 11.4 Å². The molecule has 0 saturated carbocycles. The fourth-order valence-electron chi connectivity index (χ4n) is 3.05. The second kappa shape index (κ2) is 10.3. The number of thiocarbonyl (C=S) groups is 1. The third-order valence-corrected chi connectivity index (χ3v) is 6.42. The van der Waals surface area contributed by atoms with E-state index in [0.29, 0.717) is 33.0 Å². The Bertz CT molecular complexity index is 1300. The summed E-state index contributed by atoms with van der Waals surface area (Å²) in [6.45, 7) is 2.23. The van der Waals surface area contributed by atoms with Crippen LogP contribution in [0, 0.1) is 10.1 Å². The van der Waals surface area contributed by atoms with Gasteiger partial charge in [0.05, 0.1) is 22.1 Å². The van der Waals surface area contributed by atoms with Crippen molar-refractivity contribution in [1.29, 1.82) is 0 Å². The van der Waals surface area contributed by atoms with Gasteiger partial charge in [0.15, 0.2) is 15.8 Å². The van der Waals surface area contributed by atoms with Gasteiger partial charge in [0, 0.05) is 16.6 Å². The van der Waals surface area contributed by atoms with Crippen molar-refractivity contribution < 1.29 is 19.2 Å². The highest BCUT2D eigenvalue weighted by atomic mass is 79.9. The van der Waals surface area contributed by atoms with E-state index < -0.39 is 4.92 Å². The molecule has 0 unspecified atom stereocenters. The molecule has 4 rings (SSSR count). The van der Waals surface area contributed by atoms with Gasteiger partial charge < -0.3 is 9.47 Å². The van der Waals surface area contributed by atoms with Crippen molar-refractivity contribution in [3.63, 3.8) is 0 Å². The van der Waals surface area contributed by atoms with Crippen molar-refractivity contribution in [2.75, 3.05) is 11.5 Å². The van der Waals surface area contributed by atoms with Gasteiger partial charge in [-0.05, 0) is 55.0 Å². The van der Waals surface area contributed by atoms with E-state index in [4.69, 9.17) is 21.7 Å². The fraction of sp³-hybridized carbons (Fsp3) is 0.0870. The number of nitro groups is 1. The Morgan fingerprint density at radius 3 is 2.59 bits per heavy atom. The molecule has 8 nitrogen and oxygen atoms in total. The van der Waals surface area contributed by atoms with E-state index in [1.165, 1.54) is 28.8 Å². The summed E-state index contributed by atoms with van der Waals surface area (Å²) < 4.78 is 12.8. The maximum atomic E-state index is 13.0. The Morgan fingerprint density at radius 1 is 1.18 bits per heavy atom. The Labute approximate surface area is 212 Å². The molecule has 0 N–H and O–H groups in total. The molecule has 172 valence electrons. The van der Waals surface area contributed by atoms with E-state index in [0.717, 1.165) is 16.2 Å². The minimum absolute atomic E-state index is 0.131. The predicted octanol–water partition coefficient (Wildman–Crippen LogP) is 6.35. The number of anilines is 1. The summed E-state index contributed by atoms with van der Waals surface area (Å²) in [5.41, 5.74) is 1.29. The molecule has 1 fully saturated rings. The third kappa shape index (κ3) is 5.27. The molecule has 2 heterocycles. The minimum atomic E-state index is -0.531. The van der Waals surface area contributed by atoms with E-state index in [9.17, 15) is 14.9 Å². The molecule has 0 bridgehead atoms. The van der Waals surface area contributed by atoms with E-state index in [1.54, 1.807) is 24.3 Å². The van der Waals surface area contributed by atoms with Crippen LogP contribution in [0.5, 0.6) is 17.4 Å². The smallest absolute Gasteiger partial charge is 0.287 e. The average Bonchev–Trinajstić information content (AvgIpc) is 3.09. The van der Waals surface area contributed by atoms with E-state index in [2.05, 4.69) is 20.9 Å². The summed E-state index contributed by atoms with van der Waals surface area (Å²) in [5, 5.41) is 10.8. The topological polar surface area (TPSA) is 94.8 Å². The Balaban J connectivity index is 1.58. The molecule has 0 atom stereocenters. The zero-order chi connectivity index (χ0) is 24.2. The van der Waals surface area contributed by atoms with Crippen molar-refractivity contribution in [1.82, 2.24) is 4.98 Å². The first-order chi connectivity index (χ1) is 16.4. The molecule has 1 aliphatic rings. The summed E-state index contributed by atoms with van der Waals surface area (Å²) in [4.78, 5) is 29.2. The number of ether oxygens (including phenoxy) is 2. The fourth-order valence-corrected chi connectivity index (χ4v) is 4.62. The maximum Gasteiger partial charge on any atom is 0.287 e. The summed E-state index contributed by atoms with van der Waals surface area (Å²) in [7, 11) is 0. The van der Waals surface area contributed by atoms with Crippen LogP contribution in [0.3, 0.4) is 0 Å². The SMILES string of the molecule is CCOc1cc(/C=C2\SC(=S)N(c3ccc(Br)cc3)C2=O)ccc1Oc1ccc([N+](=O)[O-])cn1. The molecular weight excluding hydrogens is 542 g/mol. The van der Waals surface area contributed by atoms with Crippen LogP contribution in [0.1, 0.15) is 12.5 Å². The van der Waals surface area contributed by atoms with Gasteiger partial charge in [-0.3, -0.25) is 19.8 Å². The maximum absolute atomic E-state index is 13.0. The average molecular weight is 558 g/mol. The first-order valence-corrected chi connectivity index (χ1v) is 12.0. The Hall–Kier alpha value is -3.28. The number of aromatic nitrogens is 1. The van der Waals surface area contributed by atoms with Crippen LogP contribution < -0.4 is 14.4 Å². The molecule has 3 aromatic rings. The standard InChI is InChI=1S/C23H16BrN3O5S2/c1-2-31-19-11-14(3-9-18(19)32-21-10-8-17(13-25-21)27(29)30)12-20-22(28)26(23(33)34-20)16-6-4-15(24)5-7-16/h3-13H,2H2,1H3/b20-12-. The molecule has 2 aromatic carbocycles. The summed E-state index contributed by atoms with van der Waals surface area (Å²) >= 11 is 10.0. The number of carbonyl (C=O) groups excluding carboxylic acids is 1. The molecule has 0 radical (unpaired) electrons. The molecule has 0 aliphatic carbocycles. The Morgan fingerprint density at radius 2 is 1.94 bits per heavy atom. The lowest BCUT2D eigenvalue weighted by Crippen LogP contribution is -2.27. The summed E-state index contributed by atoms with van der Waals surface area (Å²) in [5.74, 6) is 0.822. The molecule has 1 aliphatic heterocycles. The van der Waals surface area contributed by atoms with Gasteiger partial charge >= 0.3 is 0 Å². The van der Waals surface area contributed by atoms with Gasteiger partial charge in [-0.25, -0.2) is 4.98 Å². The molecule has 0 spiro atoms. The number of rotatable bonds is 7. The van der Waals surface area contributed by atoms with Gasteiger partial charge in [0.2, 0.25) is 5.88 Å². The second-order valence-electron chi connectivity index (χ2n) is 6.85. The first-order valence-electron chi connectivity index (χ1n) is 9.94. The highest BCUT2D eigenvalue weighted by Gasteiger charge is 2.33. The number of benzene rings is 2. The van der Waals surface area contributed by atoms with E-state index >= 15 is 0 Å². The molecule has 1 saturated heterocycles. The van der Waals surface area contributed by atoms with Crippen molar-refractivity contribution in [3.8, 4) is 17.4 Å². The van der Waals surface area contributed by atoms with Crippen LogP contribution in [-0.2, 0) is 4.79 Å². The molecule has 34 heavy (non-hydrogen) atoms. The number of nitrogens with zero attached hydrogens (tertiary/aromatic N) is 3. The van der Waals surface area contributed by atoms with Gasteiger partial charge in [-0.15, -0.1) is 0 Å². The number of hydrogen-bond donors (Lipinski definition) is 0. The number of pyridine rings is 1. The van der Waals surface area contributed by atoms with Gasteiger partial charge in [0.25, 0.3) is 11.6 Å². The van der Waals surface area contributed by atoms with Crippen LogP contribution in [0.15, 0.2) is 70.2 Å². The van der Waals surface area contributed by atoms with Crippen LogP contribution >= 0.6 is 39.9 Å². The number of halogens is 1. The zero-order valence-corrected chi connectivity index (χ0v) is 20.9. The van der Waals surface area contributed by atoms with Crippen LogP contribution in [-0.4, -0.2) is 26.7 Å². The normalized spacial score (nSPS) is 14.5. The lowest BCUT2D eigenvalue weighted by molar-refractivity contribution is -0.385. The van der Waals surface area contributed by atoms with Gasteiger partial charge in [-0.2, -0.15) is 0 Å². The van der Waals surface area contributed by atoms with Crippen molar-refractivity contribution in [2.24, 2.45) is 0 Å². The quantitative estimate of drug-likeness (QED) is 0.143. The predicted molar refractivity (Wildman–Crippen MR) is 138 cm³/mol. The Kier molecular flexibility index (Phi) is 7.25. The van der Waals surface area contributed by atoms with Crippen LogP contribution in [0.2, 0.25) is 0 Å².